The molecule has 2 aromatic rings. The fourth-order valence-corrected chi connectivity index (χ4v) is 2.03. The molecule has 1 heterocycles. The first-order valence-electron chi connectivity index (χ1n) is 5.12. The van der Waals surface area contributed by atoms with Crippen molar-refractivity contribution >= 4 is 33.6 Å². The lowest BCUT2D eigenvalue weighted by molar-refractivity contribution is 0.559. The quantitative estimate of drug-likeness (QED) is 0.453. The van der Waals surface area contributed by atoms with Gasteiger partial charge in [0.2, 0.25) is 0 Å². The number of aryl methyl sites for hydroxylation is 1. The monoisotopic (exact) mass is 328 g/mol. The molecule has 0 saturated carbocycles. The Morgan fingerprint density at radius 2 is 1.94 bits per heavy atom. The van der Waals surface area contributed by atoms with Crippen LogP contribution in [0.4, 0.5) is 0 Å². The number of hydrogen-bond acceptors (Lipinski definition) is 2. The van der Waals surface area contributed by atoms with Crippen LogP contribution in [-0.2, 0) is 3.42 Å². The van der Waals surface area contributed by atoms with Crippen LogP contribution in [0.2, 0.25) is 0 Å². The van der Waals surface area contributed by atoms with Gasteiger partial charge in [0.05, 0.1) is 0 Å². The standard InChI is InChI=1S/C13H13IO2/c1-8-6-12(15)16-11-7-9(13(2,3)14)4-5-10(8)11/h4-7H,1-3H3. The van der Waals surface area contributed by atoms with Crippen LogP contribution >= 0.6 is 22.6 Å². The predicted molar refractivity (Wildman–Crippen MR) is 74.3 cm³/mol. The largest absolute Gasteiger partial charge is 0.423 e. The van der Waals surface area contributed by atoms with Gasteiger partial charge < -0.3 is 4.42 Å². The summed E-state index contributed by atoms with van der Waals surface area (Å²) >= 11 is 2.37. The third kappa shape index (κ3) is 2.14. The summed E-state index contributed by atoms with van der Waals surface area (Å²) in [4.78, 5) is 11.3. The molecule has 0 fully saturated rings. The van der Waals surface area contributed by atoms with Crippen molar-refractivity contribution in [2.75, 3.05) is 0 Å². The average Bonchev–Trinajstić information content (AvgIpc) is 2.15. The molecule has 0 spiro atoms. The van der Waals surface area contributed by atoms with E-state index in [2.05, 4.69) is 42.5 Å². The van der Waals surface area contributed by atoms with Gasteiger partial charge in [-0.3, -0.25) is 0 Å². The molecular weight excluding hydrogens is 315 g/mol. The lowest BCUT2D eigenvalue weighted by Gasteiger charge is -2.17. The second-order valence-corrected chi connectivity index (χ2v) is 7.13. The van der Waals surface area contributed by atoms with E-state index in [1.165, 1.54) is 6.07 Å². The van der Waals surface area contributed by atoms with Crippen molar-refractivity contribution in [1.29, 1.82) is 0 Å². The van der Waals surface area contributed by atoms with E-state index in [1.807, 2.05) is 19.1 Å². The number of alkyl halides is 1. The molecule has 3 heteroatoms. The van der Waals surface area contributed by atoms with Crippen LogP contribution in [0, 0.1) is 6.92 Å². The van der Waals surface area contributed by atoms with Crippen molar-refractivity contribution < 1.29 is 4.42 Å². The molecule has 0 aliphatic rings. The molecule has 0 aliphatic carbocycles. The molecule has 0 aliphatic heterocycles. The zero-order valence-corrected chi connectivity index (χ0v) is 11.7. The summed E-state index contributed by atoms with van der Waals surface area (Å²) in [5.41, 5.74) is 2.51. The van der Waals surface area contributed by atoms with Crippen LogP contribution in [-0.4, -0.2) is 0 Å². The highest BCUT2D eigenvalue weighted by Gasteiger charge is 2.16. The zero-order valence-electron chi connectivity index (χ0n) is 9.50. The molecule has 16 heavy (non-hydrogen) atoms. The Labute approximate surface area is 108 Å². The highest BCUT2D eigenvalue weighted by atomic mass is 127. The summed E-state index contributed by atoms with van der Waals surface area (Å²) in [5, 5.41) is 1.00. The Morgan fingerprint density at radius 3 is 2.56 bits per heavy atom. The van der Waals surface area contributed by atoms with Crippen molar-refractivity contribution in [2.45, 2.75) is 24.2 Å². The van der Waals surface area contributed by atoms with Crippen molar-refractivity contribution in [2.24, 2.45) is 0 Å². The minimum atomic E-state index is -0.284. The Hall–Kier alpha value is -0.840. The molecule has 2 rings (SSSR count). The number of fused-ring (bicyclic) bond motifs is 1. The first kappa shape index (κ1) is 11.6. The van der Waals surface area contributed by atoms with Gasteiger partial charge in [-0.1, -0.05) is 34.7 Å². The molecule has 0 amide bonds. The molecule has 1 aromatic heterocycles. The SMILES string of the molecule is Cc1cc(=O)oc2cc(C(C)(C)I)ccc12. The van der Waals surface area contributed by atoms with Gasteiger partial charge in [-0.05, 0) is 38.0 Å². The first-order valence-corrected chi connectivity index (χ1v) is 6.20. The molecule has 84 valence electrons. The van der Waals surface area contributed by atoms with Gasteiger partial charge in [-0.15, -0.1) is 0 Å². The molecule has 0 bridgehead atoms. The van der Waals surface area contributed by atoms with E-state index >= 15 is 0 Å². The molecule has 0 radical (unpaired) electrons. The van der Waals surface area contributed by atoms with Gasteiger partial charge in [-0.2, -0.15) is 0 Å². The van der Waals surface area contributed by atoms with E-state index in [4.69, 9.17) is 4.42 Å². The van der Waals surface area contributed by atoms with E-state index in [0.717, 1.165) is 16.5 Å². The average molecular weight is 328 g/mol. The van der Waals surface area contributed by atoms with E-state index in [0.29, 0.717) is 5.58 Å². The Morgan fingerprint density at radius 1 is 1.25 bits per heavy atom. The van der Waals surface area contributed by atoms with Gasteiger partial charge in [0, 0.05) is 14.9 Å². The van der Waals surface area contributed by atoms with Gasteiger partial charge in [-0.25, -0.2) is 4.79 Å². The number of rotatable bonds is 1. The van der Waals surface area contributed by atoms with Gasteiger partial charge in [0.1, 0.15) is 5.58 Å². The maximum absolute atomic E-state index is 11.3. The molecule has 1 aromatic carbocycles. The number of halogens is 1. The molecule has 0 N–H and O–H groups in total. The van der Waals surface area contributed by atoms with Gasteiger partial charge >= 0.3 is 5.63 Å². The number of benzene rings is 1. The normalized spacial score (nSPS) is 12.0. The van der Waals surface area contributed by atoms with E-state index in [9.17, 15) is 4.79 Å². The first-order chi connectivity index (χ1) is 7.38. The second kappa shape index (κ2) is 3.87. The molecule has 0 unspecified atom stereocenters. The van der Waals surface area contributed by atoms with Gasteiger partial charge in [0.15, 0.2) is 0 Å². The van der Waals surface area contributed by atoms with E-state index in [1.54, 1.807) is 0 Å². The maximum Gasteiger partial charge on any atom is 0.336 e. The minimum Gasteiger partial charge on any atom is -0.423 e. The highest BCUT2D eigenvalue weighted by Crippen LogP contribution is 2.32. The predicted octanol–water partition coefficient (Wildman–Crippen LogP) is 3.77. The van der Waals surface area contributed by atoms with Crippen LogP contribution < -0.4 is 5.63 Å². The molecular formula is C13H13IO2. The fourth-order valence-electron chi connectivity index (χ4n) is 1.69. The summed E-state index contributed by atoms with van der Waals surface area (Å²) in [7, 11) is 0. The molecule has 0 atom stereocenters. The van der Waals surface area contributed by atoms with Crippen LogP contribution in [0.5, 0.6) is 0 Å². The van der Waals surface area contributed by atoms with E-state index in [-0.39, 0.29) is 9.05 Å². The lowest BCUT2D eigenvalue weighted by atomic mass is 10.0. The Bertz CT molecular complexity index is 591. The maximum atomic E-state index is 11.3. The highest BCUT2D eigenvalue weighted by molar-refractivity contribution is 14.1. The summed E-state index contributed by atoms with van der Waals surface area (Å²) < 4.78 is 5.26. The topological polar surface area (TPSA) is 30.2 Å². The Balaban J connectivity index is 2.76. The van der Waals surface area contributed by atoms with Crippen molar-refractivity contribution in [3.05, 3.63) is 45.8 Å². The van der Waals surface area contributed by atoms with Crippen LogP contribution in [0.1, 0.15) is 25.0 Å². The molecule has 0 saturated heterocycles. The van der Waals surface area contributed by atoms with Gasteiger partial charge in [0.25, 0.3) is 0 Å². The van der Waals surface area contributed by atoms with Crippen LogP contribution in [0.15, 0.2) is 33.5 Å². The third-order valence-corrected chi connectivity index (χ3v) is 3.26. The summed E-state index contributed by atoms with van der Waals surface area (Å²) in [6, 6.07) is 7.58. The lowest BCUT2D eigenvalue weighted by Crippen LogP contribution is -2.06. The Kier molecular flexibility index (Phi) is 2.82. The third-order valence-electron chi connectivity index (χ3n) is 2.64. The van der Waals surface area contributed by atoms with Crippen LogP contribution in [0.3, 0.4) is 0 Å². The van der Waals surface area contributed by atoms with E-state index < -0.39 is 0 Å². The molecule has 2 nitrogen and oxygen atoms in total. The van der Waals surface area contributed by atoms with Crippen molar-refractivity contribution in [1.82, 2.24) is 0 Å². The second-order valence-electron chi connectivity index (χ2n) is 4.43. The smallest absolute Gasteiger partial charge is 0.336 e. The summed E-state index contributed by atoms with van der Waals surface area (Å²) in [6.45, 7) is 6.18. The summed E-state index contributed by atoms with van der Waals surface area (Å²) in [6.07, 6.45) is 0. The van der Waals surface area contributed by atoms with Crippen LogP contribution in [0.25, 0.3) is 11.0 Å². The van der Waals surface area contributed by atoms with Crippen molar-refractivity contribution in [3.8, 4) is 0 Å². The van der Waals surface area contributed by atoms with Crippen molar-refractivity contribution in [3.63, 3.8) is 0 Å². The number of hydrogen-bond donors (Lipinski definition) is 0. The zero-order chi connectivity index (χ0) is 11.9. The minimum absolute atomic E-state index is 0.0360. The summed E-state index contributed by atoms with van der Waals surface area (Å²) in [5.74, 6) is 0. The fraction of sp³-hybridized carbons (Fsp3) is 0.308.